The predicted octanol–water partition coefficient (Wildman–Crippen LogP) is 1.87. The molecule has 0 aliphatic rings. The summed E-state index contributed by atoms with van der Waals surface area (Å²) in [5.74, 6) is -0.315. The van der Waals surface area contributed by atoms with E-state index in [2.05, 4.69) is 15.4 Å². The van der Waals surface area contributed by atoms with Gasteiger partial charge in [0, 0.05) is 12.3 Å². The zero-order valence-corrected chi connectivity index (χ0v) is 13.4. The monoisotopic (exact) mass is 324 g/mol. The number of nitrogens with one attached hydrogen (secondary N) is 2. The summed E-state index contributed by atoms with van der Waals surface area (Å²) in [5.41, 5.74) is 0.777. The van der Waals surface area contributed by atoms with E-state index in [0.717, 1.165) is 5.56 Å². The number of esters is 1. The van der Waals surface area contributed by atoms with Crippen molar-refractivity contribution in [1.82, 2.24) is 10.6 Å². The molecule has 0 aliphatic heterocycles. The number of carbonyl (C=O) groups is 3. The van der Waals surface area contributed by atoms with Crippen LogP contribution in [0.2, 0.25) is 0 Å². The second-order valence-corrected chi connectivity index (χ2v) is 5.55. The van der Waals surface area contributed by atoms with Crippen LogP contribution in [0, 0.1) is 0 Å². The lowest BCUT2D eigenvalue weighted by molar-refractivity contribution is -0.140. The van der Waals surface area contributed by atoms with Crippen molar-refractivity contribution >= 4 is 29.7 Å². The summed E-state index contributed by atoms with van der Waals surface area (Å²) in [5, 5.41) is 4.26. The summed E-state index contributed by atoms with van der Waals surface area (Å²) in [6, 6.07) is 8.59. The molecule has 0 saturated carbocycles. The van der Waals surface area contributed by atoms with Crippen LogP contribution < -0.4 is 10.6 Å². The van der Waals surface area contributed by atoms with E-state index >= 15 is 0 Å². The summed E-state index contributed by atoms with van der Waals surface area (Å²) in [7, 11) is 1.32. The first kappa shape index (κ1) is 18.0. The Hall–Kier alpha value is -2.02. The number of carbonyl (C=O) groups excluding carboxylic acids is 3. The number of amides is 3. The van der Waals surface area contributed by atoms with Crippen molar-refractivity contribution in [2.45, 2.75) is 18.6 Å². The maximum absolute atomic E-state index is 12.3. The summed E-state index contributed by atoms with van der Waals surface area (Å²) in [6.45, 7) is 2.20. The molecule has 1 aromatic carbocycles. The number of imide groups is 1. The van der Waals surface area contributed by atoms with Gasteiger partial charge >= 0.3 is 12.0 Å². The summed E-state index contributed by atoms with van der Waals surface area (Å²) < 4.78 is 4.58. The highest BCUT2D eigenvalue weighted by Gasteiger charge is 2.23. The molecule has 0 bridgehead atoms. The maximum atomic E-state index is 12.3. The average molecular weight is 324 g/mol. The number of rotatable bonds is 7. The Kier molecular flexibility index (Phi) is 8.06. The van der Waals surface area contributed by atoms with E-state index in [1.165, 1.54) is 18.9 Å². The van der Waals surface area contributed by atoms with E-state index in [1.807, 2.05) is 30.3 Å². The molecule has 0 fully saturated rings. The topological polar surface area (TPSA) is 84.5 Å². The SMILES string of the molecule is CCNC(=O)NC(=O)[C@@H](SCCC(=O)OC)c1ccccc1. The summed E-state index contributed by atoms with van der Waals surface area (Å²) in [4.78, 5) is 34.9. The fourth-order valence-electron chi connectivity index (χ4n) is 1.70. The molecule has 6 nitrogen and oxygen atoms in total. The second-order valence-electron chi connectivity index (χ2n) is 4.34. The average Bonchev–Trinajstić information content (AvgIpc) is 2.52. The Morgan fingerprint density at radius 2 is 1.91 bits per heavy atom. The largest absolute Gasteiger partial charge is 0.469 e. The number of methoxy groups -OCH3 is 1. The smallest absolute Gasteiger partial charge is 0.321 e. The molecule has 1 aromatic rings. The van der Waals surface area contributed by atoms with E-state index in [0.29, 0.717) is 12.3 Å². The van der Waals surface area contributed by atoms with Gasteiger partial charge in [0.25, 0.3) is 0 Å². The molecule has 0 spiro atoms. The number of hydrogen-bond donors (Lipinski definition) is 2. The van der Waals surface area contributed by atoms with E-state index in [-0.39, 0.29) is 12.4 Å². The number of thioether (sulfide) groups is 1. The zero-order chi connectivity index (χ0) is 16.4. The van der Waals surface area contributed by atoms with Crippen LogP contribution in [-0.2, 0) is 14.3 Å². The Morgan fingerprint density at radius 1 is 1.23 bits per heavy atom. The number of benzene rings is 1. The van der Waals surface area contributed by atoms with Crippen LogP contribution in [0.15, 0.2) is 30.3 Å². The third kappa shape index (κ3) is 6.17. The van der Waals surface area contributed by atoms with Crippen molar-refractivity contribution < 1.29 is 19.1 Å². The molecular weight excluding hydrogens is 304 g/mol. The minimum atomic E-state index is -0.562. The van der Waals surface area contributed by atoms with Crippen LogP contribution in [0.1, 0.15) is 24.2 Å². The zero-order valence-electron chi connectivity index (χ0n) is 12.6. The van der Waals surface area contributed by atoms with Gasteiger partial charge in [-0.05, 0) is 12.5 Å². The third-order valence-electron chi connectivity index (χ3n) is 2.73. The summed E-state index contributed by atoms with van der Waals surface area (Å²) >= 11 is 1.29. The van der Waals surface area contributed by atoms with E-state index in [1.54, 1.807) is 6.92 Å². The molecule has 0 radical (unpaired) electrons. The lowest BCUT2D eigenvalue weighted by atomic mass is 10.1. The Morgan fingerprint density at radius 3 is 2.50 bits per heavy atom. The third-order valence-corrected chi connectivity index (χ3v) is 3.99. The van der Waals surface area contributed by atoms with Gasteiger partial charge in [0.1, 0.15) is 5.25 Å². The molecule has 1 rings (SSSR count). The van der Waals surface area contributed by atoms with Crippen molar-refractivity contribution in [3.63, 3.8) is 0 Å². The van der Waals surface area contributed by atoms with Crippen molar-refractivity contribution in [3.05, 3.63) is 35.9 Å². The lowest BCUT2D eigenvalue weighted by Crippen LogP contribution is -2.41. The molecule has 0 aromatic heterocycles. The Labute approximate surface area is 134 Å². The lowest BCUT2D eigenvalue weighted by Gasteiger charge is -2.16. The quantitative estimate of drug-likeness (QED) is 0.748. The van der Waals surface area contributed by atoms with E-state index in [4.69, 9.17) is 0 Å². The molecule has 0 saturated heterocycles. The molecule has 3 amide bonds. The fraction of sp³-hybridized carbons (Fsp3) is 0.400. The van der Waals surface area contributed by atoms with Gasteiger partial charge in [0.15, 0.2) is 0 Å². The molecule has 1 atom stereocenters. The van der Waals surface area contributed by atoms with Gasteiger partial charge in [-0.2, -0.15) is 0 Å². The van der Waals surface area contributed by atoms with Crippen LogP contribution in [0.25, 0.3) is 0 Å². The van der Waals surface area contributed by atoms with E-state index in [9.17, 15) is 14.4 Å². The van der Waals surface area contributed by atoms with Crippen LogP contribution in [0.3, 0.4) is 0 Å². The van der Waals surface area contributed by atoms with Crippen LogP contribution in [0.4, 0.5) is 4.79 Å². The predicted molar refractivity (Wildman–Crippen MR) is 85.5 cm³/mol. The van der Waals surface area contributed by atoms with Crippen LogP contribution in [0.5, 0.6) is 0 Å². The van der Waals surface area contributed by atoms with Gasteiger partial charge in [-0.1, -0.05) is 30.3 Å². The molecule has 22 heavy (non-hydrogen) atoms. The van der Waals surface area contributed by atoms with E-state index < -0.39 is 17.2 Å². The first-order chi connectivity index (χ1) is 10.6. The maximum Gasteiger partial charge on any atom is 0.321 e. The van der Waals surface area contributed by atoms with Crippen molar-refractivity contribution in [2.24, 2.45) is 0 Å². The van der Waals surface area contributed by atoms with Crippen LogP contribution >= 0.6 is 11.8 Å². The normalized spacial score (nSPS) is 11.4. The molecular formula is C15H20N2O4S. The Balaban J connectivity index is 2.72. The van der Waals surface area contributed by atoms with Crippen molar-refractivity contribution in [2.75, 3.05) is 19.4 Å². The van der Waals surface area contributed by atoms with Gasteiger partial charge in [-0.25, -0.2) is 4.79 Å². The van der Waals surface area contributed by atoms with Crippen molar-refractivity contribution in [3.8, 4) is 0 Å². The highest BCUT2D eigenvalue weighted by Crippen LogP contribution is 2.29. The molecule has 2 N–H and O–H groups in total. The van der Waals surface area contributed by atoms with Gasteiger partial charge < -0.3 is 10.1 Å². The molecule has 0 heterocycles. The van der Waals surface area contributed by atoms with Gasteiger partial charge in [-0.15, -0.1) is 11.8 Å². The standard InChI is InChI=1S/C15H20N2O4S/c1-3-16-15(20)17-14(19)13(11-7-5-4-6-8-11)22-10-9-12(18)21-2/h4-8,13H,3,9-10H2,1-2H3,(H2,16,17,19,20)/t13-/m0/s1. The van der Waals surface area contributed by atoms with Gasteiger partial charge in [-0.3, -0.25) is 14.9 Å². The summed E-state index contributed by atoms with van der Waals surface area (Å²) in [6.07, 6.45) is 0.207. The first-order valence-electron chi connectivity index (χ1n) is 6.90. The molecule has 0 aliphatic carbocycles. The first-order valence-corrected chi connectivity index (χ1v) is 7.95. The number of ether oxygens (including phenoxy) is 1. The van der Waals surface area contributed by atoms with Gasteiger partial charge in [0.2, 0.25) is 5.91 Å². The van der Waals surface area contributed by atoms with Crippen molar-refractivity contribution in [1.29, 1.82) is 0 Å². The molecule has 120 valence electrons. The molecule has 7 heteroatoms. The minimum absolute atomic E-state index is 0.207. The highest BCUT2D eigenvalue weighted by molar-refractivity contribution is 8.00. The fourth-order valence-corrected chi connectivity index (χ4v) is 2.78. The Bertz CT molecular complexity index is 508. The van der Waals surface area contributed by atoms with Crippen LogP contribution in [-0.4, -0.2) is 37.3 Å². The highest BCUT2D eigenvalue weighted by atomic mass is 32.2. The molecule has 0 unspecified atom stereocenters. The second kappa shape index (κ2) is 9.83. The number of hydrogen-bond acceptors (Lipinski definition) is 5. The van der Waals surface area contributed by atoms with Gasteiger partial charge in [0.05, 0.1) is 13.5 Å². The number of urea groups is 1. The minimum Gasteiger partial charge on any atom is -0.469 e.